The van der Waals surface area contributed by atoms with Crippen molar-refractivity contribution in [1.82, 2.24) is 45.6 Å². The lowest BCUT2D eigenvalue weighted by Gasteiger charge is -2.05. The quantitative estimate of drug-likeness (QED) is 0.0316. The van der Waals surface area contributed by atoms with Gasteiger partial charge >= 0.3 is 18.5 Å². The van der Waals surface area contributed by atoms with E-state index in [-0.39, 0.29) is 51.8 Å². The standard InChI is InChI=1S/C22H24N4OS.C21H22N4OS.C19H16BrFN4O2.3CO2/c1-4-8-16-11-13-17(14-12-16)20-21(27)19(25-26(20)3)15(2)23-24-22(28)18-9-6-5-7-10-18;1-4-15-10-12-16(13-11-15)19-20(26)18(24-25(19)3)14(2)22-23-21(27)17-8-6-5-7-9-17;1-11(22-23-19(27)12-6-4-3-5-7-12)16-18(26)17(25(2)24-16)13-8-9-15(21)14(20)10-13;3*2-1-3/h5-7,9-14,27H,4,8H2,1-3H3,(H,24,28);5-13,26H,4H2,1-3H3,(H,23,27);3-10,26H,1-2H3,(H,23,27);;;/b23-15+;22-14+;22-11+;;;. The molecule has 0 unspecified atom stereocenters. The molecular formula is C65H62BrFN12O10S2. The molecular weight excluding hydrogens is 1270 g/mol. The topological polar surface area (TPSA) is 307 Å². The second-order valence-electron chi connectivity index (χ2n) is 18.9. The van der Waals surface area contributed by atoms with Crippen molar-refractivity contribution in [1.29, 1.82) is 0 Å². The van der Waals surface area contributed by atoms with Crippen molar-refractivity contribution in [3.8, 4) is 51.0 Å². The average Bonchev–Trinajstić information content (AvgIpc) is 1.71. The summed E-state index contributed by atoms with van der Waals surface area (Å²) in [7, 11) is 5.28. The number of thiocarbonyl (C=S) groups is 2. The van der Waals surface area contributed by atoms with Gasteiger partial charge in [-0.25, -0.2) is 9.82 Å². The molecule has 22 nitrogen and oxygen atoms in total. The van der Waals surface area contributed by atoms with Gasteiger partial charge in [-0.05, 0) is 91.0 Å². The molecule has 9 rings (SSSR count). The van der Waals surface area contributed by atoms with Gasteiger partial charge in [0, 0.05) is 54.5 Å². The van der Waals surface area contributed by atoms with Crippen molar-refractivity contribution < 1.29 is 53.3 Å². The average molecular weight is 1330 g/mol. The van der Waals surface area contributed by atoms with E-state index in [4.69, 9.17) is 53.2 Å². The summed E-state index contributed by atoms with van der Waals surface area (Å²) in [6, 6.07) is 48.6. The van der Waals surface area contributed by atoms with E-state index in [0.29, 0.717) is 66.7 Å². The third-order valence-electron chi connectivity index (χ3n) is 12.8. The number of aryl methyl sites for hydroxylation is 5. The molecule has 1 amide bonds. The van der Waals surface area contributed by atoms with Gasteiger partial charge in [0.15, 0.2) is 34.3 Å². The SMILES string of the molecule is C/C(=N\NC(=O)c1ccccc1)c1nn(C)c(-c2ccc(F)c(Br)c2)c1O.CCCc1ccc(-c2c(O)c(/C(C)=N/NC(=S)c3ccccc3)nn2C)cc1.CCc1ccc(-c2c(O)c(/C(C)=N/NC(=S)c3ccccc3)nn2C)cc1.O=C=O.O=C=O.O=C=O. The monoisotopic (exact) mass is 1330 g/mol. The first-order chi connectivity index (χ1) is 43.6. The predicted octanol–water partition coefficient (Wildman–Crippen LogP) is 10.6. The van der Waals surface area contributed by atoms with Crippen LogP contribution in [-0.2, 0) is 62.8 Å². The summed E-state index contributed by atoms with van der Waals surface area (Å²) in [5.41, 5.74) is 19.6. The minimum Gasteiger partial charge on any atom is -0.504 e. The highest BCUT2D eigenvalue weighted by Gasteiger charge is 2.23. The summed E-state index contributed by atoms with van der Waals surface area (Å²) in [6.07, 6.45) is 3.87. The summed E-state index contributed by atoms with van der Waals surface area (Å²) < 4.78 is 18.6. The molecule has 0 atom stereocenters. The van der Waals surface area contributed by atoms with Gasteiger partial charge in [0.05, 0.1) is 21.6 Å². The maximum Gasteiger partial charge on any atom is 0.373 e. The van der Waals surface area contributed by atoms with Gasteiger partial charge < -0.3 is 15.3 Å². The van der Waals surface area contributed by atoms with Crippen LogP contribution in [0.1, 0.15) is 90.7 Å². The van der Waals surface area contributed by atoms with E-state index in [1.165, 1.54) is 21.9 Å². The number of amides is 1. The van der Waals surface area contributed by atoms with E-state index < -0.39 is 5.82 Å². The van der Waals surface area contributed by atoms with Crippen LogP contribution in [0.15, 0.2) is 178 Å². The van der Waals surface area contributed by atoms with Crippen LogP contribution >= 0.6 is 40.4 Å². The van der Waals surface area contributed by atoms with Crippen molar-refractivity contribution in [3.05, 3.63) is 213 Å². The van der Waals surface area contributed by atoms with Crippen molar-refractivity contribution in [3.63, 3.8) is 0 Å². The zero-order valence-corrected chi connectivity index (χ0v) is 53.6. The largest absolute Gasteiger partial charge is 0.504 e. The molecule has 91 heavy (non-hydrogen) atoms. The number of benzene rings is 6. The maximum atomic E-state index is 13.5. The molecule has 0 fully saturated rings. The third-order valence-corrected chi connectivity index (χ3v) is 14.0. The van der Waals surface area contributed by atoms with Crippen molar-refractivity contribution in [2.75, 3.05) is 0 Å². The number of nitrogens with zero attached hydrogens (tertiary/aromatic N) is 9. The molecule has 9 aromatic rings. The lowest BCUT2D eigenvalue weighted by molar-refractivity contribution is -0.193. The van der Waals surface area contributed by atoms with Crippen LogP contribution < -0.4 is 16.3 Å². The number of rotatable bonds is 15. The lowest BCUT2D eigenvalue weighted by Crippen LogP contribution is -2.19. The highest BCUT2D eigenvalue weighted by Crippen LogP contribution is 2.36. The Kier molecular flexibility index (Phi) is 29.6. The second-order valence-corrected chi connectivity index (χ2v) is 20.6. The molecule has 0 spiro atoms. The zero-order valence-electron chi connectivity index (χ0n) is 50.4. The molecule has 6 aromatic carbocycles. The number of aromatic nitrogens is 6. The van der Waals surface area contributed by atoms with Crippen LogP contribution in [0.4, 0.5) is 4.39 Å². The Morgan fingerprint density at radius 3 is 1.16 bits per heavy atom. The number of aromatic hydroxyl groups is 3. The summed E-state index contributed by atoms with van der Waals surface area (Å²) in [5, 5.41) is 57.8. The molecule has 3 aromatic heterocycles. The summed E-state index contributed by atoms with van der Waals surface area (Å²) in [4.78, 5) is 61.9. The van der Waals surface area contributed by atoms with Gasteiger partial charge in [-0.1, -0.05) is 172 Å². The van der Waals surface area contributed by atoms with Crippen molar-refractivity contribution >= 4 is 91.8 Å². The predicted molar refractivity (Wildman–Crippen MR) is 350 cm³/mol. The van der Waals surface area contributed by atoms with Crippen LogP contribution in [0, 0.1) is 5.82 Å². The maximum absolute atomic E-state index is 13.5. The number of nitrogens with one attached hydrogen (secondary N) is 3. The van der Waals surface area contributed by atoms with Crippen LogP contribution in [0.5, 0.6) is 17.2 Å². The number of carbonyl (C=O) groups is 1. The number of carbonyl (C=O) groups excluding carboxylic acids is 7. The molecule has 0 bridgehead atoms. The van der Waals surface area contributed by atoms with E-state index in [2.05, 4.69) is 101 Å². The van der Waals surface area contributed by atoms with Crippen molar-refractivity contribution in [2.24, 2.45) is 36.4 Å². The summed E-state index contributed by atoms with van der Waals surface area (Å²) in [5.74, 6) is -0.656. The lowest BCUT2D eigenvalue weighted by atomic mass is 10.0. The van der Waals surface area contributed by atoms with Crippen LogP contribution in [0.25, 0.3) is 33.8 Å². The van der Waals surface area contributed by atoms with Gasteiger partial charge in [-0.15, -0.1) is 0 Å². The number of hydrogen-bond acceptors (Lipinski definition) is 18. The van der Waals surface area contributed by atoms with Crippen LogP contribution in [-0.4, -0.2) is 96.1 Å². The fraction of sp³-hybridized carbons (Fsp3) is 0.169. The molecule has 6 N–H and O–H groups in total. The van der Waals surface area contributed by atoms with E-state index in [1.54, 1.807) is 73.6 Å². The van der Waals surface area contributed by atoms with Gasteiger partial charge in [-0.3, -0.25) is 29.7 Å². The third kappa shape index (κ3) is 20.9. The molecule has 0 saturated heterocycles. The number of hydrogen-bond donors (Lipinski definition) is 6. The smallest absolute Gasteiger partial charge is 0.373 e. The van der Waals surface area contributed by atoms with Gasteiger partial charge in [-0.2, -0.15) is 59.4 Å². The zero-order chi connectivity index (χ0) is 67.2. The normalized spacial score (nSPS) is 10.6. The fourth-order valence-electron chi connectivity index (χ4n) is 8.42. The molecule has 0 radical (unpaired) electrons. The summed E-state index contributed by atoms with van der Waals surface area (Å²) in [6.45, 7) is 9.47. The highest BCUT2D eigenvalue weighted by molar-refractivity contribution is 9.10. The van der Waals surface area contributed by atoms with E-state index in [9.17, 15) is 24.5 Å². The van der Waals surface area contributed by atoms with Gasteiger partial charge in [0.1, 0.15) is 32.9 Å². The second kappa shape index (κ2) is 37.1. The molecule has 468 valence electrons. The number of halogens is 2. The minimum absolute atomic E-state index is 0.105. The Morgan fingerprint density at radius 2 is 0.824 bits per heavy atom. The molecule has 26 heteroatoms. The van der Waals surface area contributed by atoms with Gasteiger partial charge in [0.25, 0.3) is 5.91 Å². The van der Waals surface area contributed by atoms with Gasteiger partial charge in [0.2, 0.25) is 0 Å². The molecule has 0 saturated carbocycles. The van der Waals surface area contributed by atoms with Crippen molar-refractivity contribution in [2.45, 2.75) is 53.9 Å². The van der Waals surface area contributed by atoms with Crippen LogP contribution in [0.2, 0.25) is 0 Å². The molecule has 0 aliphatic heterocycles. The number of hydrazone groups is 3. The Bertz CT molecular complexity index is 4090. The highest BCUT2D eigenvalue weighted by atomic mass is 79.9. The van der Waals surface area contributed by atoms with E-state index >= 15 is 0 Å². The Hall–Kier alpha value is -10.8. The van der Waals surface area contributed by atoms with E-state index in [1.807, 2.05) is 105 Å². The Balaban J connectivity index is 0.000000273. The first-order valence-corrected chi connectivity index (χ1v) is 28.9. The van der Waals surface area contributed by atoms with Crippen LogP contribution in [0.3, 0.4) is 0 Å². The minimum atomic E-state index is -0.401. The first-order valence-electron chi connectivity index (χ1n) is 27.2. The molecule has 3 heterocycles. The Labute approximate surface area is 542 Å². The first kappa shape index (κ1) is 72.6. The summed E-state index contributed by atoms with van der Waals surface area (Å²) >= 11 is 13.8. The fourth-order valence-corrected chi connectivity index (χ4v) is 9.17. The molecule has 0 aliphatic carbocycles. The Morgan fingerprint density at radius 1 is 0.505 bits per heavy atom. The van der Waals surface area contributed by atoms with E-state index in [0.717, 1.165) is 41.5 Å². The molecule has 0 aliphatic rings.